The molecule has 5 rings (SSSR count). The quantitative estimate of drug-likeness (QED) is 0.360. The summed E-state index contributed by atoms with van der Waals surface area (Å²) in [4.78, 5) is 53.0. The Morgan fingerprint density at radius 2 is 1.81 bits per heavy atom. The minimum absolute atomic E-state index is 0.168. The highest BCUT2D eigenvalue weighted by Crippen LogP contribution is 2.47. The van der Waals surface area contributed by atoms with Crippen molar-refractivity contribution in [1.82, 2.24) is 9.47 Å². The van der Waals surface area contributed by atoms with Crippen LogP contribution in [0.1, 0.15) is 60.5 Å². The number of amides is 1. The topological polar surface area (TPSA) is 120 Å². The van der Waals surface area contributed by atoms with Crippen molar-refractivity contribution in [2.24, 2.45) is 0 Å². The summed E-state index contributed by atoms with van der Waals surface area (Å²) < 4.78 is 2.07. The normalized spacial score (nSPS) is 20.0. The number of aliphatic carboxylic acids is 1. The van der Waals surface area contributed by atoms with Gasteiger partial charge in [-0.05, 0) is 60.0 Å². The molecule has 2 aliphatic rings. The number of nitrogens with zero attached hydrogens (tertiary/aromatic N) is 3. The average molecular weight is 624 g/mol. The summed E-state index contributed by atoms with van der Waals surface area (Å²) in [5.74, 6) is -2.35. The number of carboxylic acid groups (broad SMARTS) is 2. The third-order valence-corrected chi connectivity index (χ3v) is 10.4. The molecule has 0 radical (unpaired) electrons. The molecule has 3 heterocycles. The minimum Gasteiger partial charge on any atom is -0.480 e. The van der Waals surface area contributed by atoms with E-state index in [1.54, 1.807) is 25.3 Å². The first kappa shape index (κ1) is 29.7. The number of thiocarbonyl (C=S) groups is 1. The first-order chi connectivity index (χ1) is 20.0. The molecule has 1 aromatic heterocycles. The molecule has 0 bridgehead atoms. The van der Waals surface area contributed by atoms with Crippen molar-refractivity contribution in [3.8, 4) is 0 Å². The van der Waals surface area contributed by atoms with Crippen molar-refractivity contribution in [2.75, 3.05) is 11.9 Å². The lowest BCUT2D eigenvalue weighted by atomic mass is 9.92. The SMILES string of the molecule is CCCCC1C(C)c2cc(/C=c3\s/c(=C4/SC(=S)N(C)C4=O)n(CC(=O)O)c3=O)ccc2N1c1ccc(C(=O)O)cc1. The molecule has 1 fully saturated rings. The third kappa shape index (κ3) is 5.41. The number of thioether (sulfide) groups is 1. The summed E-state index contributed by atoms with van der Waals surface area (Å²) in [6.07, 6.45) is 4.79. The van der Waals surface area contributed by atoms with Crippen LogP contribution in [-0.4, -0.2) is 54.9 Å². The zero-order chi connectivity index (χ0) is 30.3. The summed E-state index contributed by atoms with van der Waals surface area (Å²) in [5.41, 5.74) is 3.59. The standard InChI is InChI=1S/C30H29N3O6S3/c1-4-5-6-21-16(2)20-13-17(7-12-22(20)33(21)19-10-8-18(9-11-19)29(38)39)14-23-26(36)32(15-24(34)35)28(41-23)25-27(37)31(3)30(40)42-25/h7-14,16,21H,4-6,15H2,1-3H3,(H,34,35)(H,38,39)/b23-14-,28-25+. The molecule has 0 saturated carbocycles. The van der Waals surface area contributed by atoms with E-state index in [1.807, 2.05) is 24.3 Å². The Morgan fingerprint density at radius 3 is 2.40 bits per heavy atom. The Labute approximate surface area is 255 Å². The molecule has 9 nitrogen and oxygen atoms in total. The van der Waals surface area contributed by atoms with Gasteiger partial charge in [-0.25, -0.2) is 4.79 Å². The molecule has 2 aliphatic heterocycles. The first-order valence-corrected chi connectivity index (χ1v) is 15.5. The van der Waals surface area contributed by atoms with E-state index >= 15 is 0 Å². The number of hydrogen-bond acceptors (Lipinski definition) is 8. The first-order valence-electron chi connectivity index (χ1n) is 13.5. The predicted octanol–water partition coefficient (Wildman–Crippen LogP) is 3.93. The van der Waals surface area contributed by atoms with Gasteiger partial charge in [0.2, 0.25) is 0 Å². The maximum atomic E-state index is 13.4. The van der Waals surface area contributed by atoms with Gasteiger partial charge in [0.05, 0.1) is 10.1 Å². The highest BCUT2D eigenvalue weighted by molar-refractivity contribution is 8.30. The van der Waals surface area contributed by atoms with Crippen LogP contribution in [0.25, 0.3) is 11.0 Å². The number of carboxylic acids is 2. The van der Waals surface area contributed by atoms with E-state index < -0.39 is 24.0 Å². The van der Waals surface area contributed by atoms with Crippen LogP contribution in [0.3, 0.4) is 0 Å². The number of aromatic carboxylic acids is 1. The van der Waals surface area contributed by atoms with Crippen LogP contribution in [0.4, 0.5) is 11.4 Å². The second-order valence-corrected chi connectivity index (χ2v) is 13.0. The molecule has 42 heavy (non-hydrogen) atoms. The van der Waals surface area contributed by atoms with Gasteiger partial charge in [-0.1, -0.05) is 56.7 Å². The maximum Gasteiger partial charge on any atom is 0.335 e. The Balaban J connectivity index is 1.61. The van der Waals surface area contributed by atoms with E-state index in [-0.39, 0.29) is 33.0 Å². The predicted molar refractivity (Wildman–Crippen MR) is 169 cm³/mol. The highest BCUT2D eigenvalue weighted by Gasteiger charge is 2.36. The number of aromatic nitrogens is 1. The summed E-state index contributed by atoms with van der Waals surface area (Å²) in [7, 11) is 1.55. The minimum atomic E-state index is -1.18. The smallest absolute Gasteiger partial charge is 0.335 e. The Hall–Kier alpha value is -3.74. The molecule has 1 amide bonds. The molecule has 2 unspecified atom stereocenters. The molecule has 3 aromatic rings. The van der Waals surface area contributed by atoms with E-state index in [4.69, 9.17) is 12.2 Å². The monoisotopic (exact) mass is 623 g/mol. The van der Waals surface area contributed by atoms with E-state index in [9.17, 15) is 29.4 Å². The number of anilines is 2. The van der Waals surface area contributed by atoms with Gasteiger partial charge in [-0.3, -0.25) is 23.9 Å². The molecule has 2 N–H and O–H groups in total. The fraction of sp³-hybridized carbons (Fsp3) is 0.300. The fourth-order valence-electron chi connectivity index (χ4n) is 5.43. The van der Waals surface area contributed by atoms with Crippen molar-refractivity contribution < 1.29 is 24.6 Å². The van der Waals surface area contributed by atoms with Gasteiger partial charge in [0.1, 0.15) is 20.4 Å². The second-order valence-electron chi connectivity index (χ2n) is 10.3. The Morgan fingerprint density at radius 1 is 1.10 bits per heavy atom. The summed E-state index contributed by atoms with van der Waals surface area (Å²) in [6.45, 7) is 3.76. The Kier molecular flexibility index (Phi) is 8.40. The molecule has 218 valence electrons. The van der Waals surface area contributed by atoms with Gasteiger partial charge in [-0.2, -0.15) is 0 Å². The van der Waals surface area contributed by atoms with Crippen molar-refractivity contribution in [3.63, 3.8) is 0 Å². The number of carbonyl (C=O) groups is 3. The van der Waals surface area contributed by atoms with Gasteiger partial charge in [0.15, 0.2) is 0 Å². The number of hydrogen-bond donors (Lipinski definition) is 2. The molecule has 2 atom stereocenters. The maximum absolute atomic E-state index is 13.4. The summed E-state index contributed by atoms with van der Waals surface area (Å²) in [5, 5.41) is 18.8. The summed E-state index contributed by atoms with van der Waals surface area (Å²) >= 11 is 7.38. The zero-order valence-corrected chi connectivity index (χ0v) is 25.6. The molecule has 0 spiro atoms. The van der Waals surface area contributed by atoms with Crippen LogP contribution in [0.2, 0.25) is 0 Å². The van der Waals surface area contributed by atoms with Crippen molar-refractivity contribution in [3.05, 3.63) is 78.7 Å². The second kappa shape index (κ2) is 11.9. The number of carbonyl (C=O) groups excluding carboxylic acids is 1. The lowest BCUT2D eigenvalue weighted by molar-refractivity contribution is -0.137. The average Bonchev–Trinajstić information content (AvgIpc) is 3.51. The third-order valence-electron chi connectivity index (χ3n) is 7.61. The lowest BCUT2D eigenvalue weighted by Gasteiger charge is -2.30. The summed E-state index contributed by atoms with van der Waals surface area (Å²) in [6, 6.07) is 13.1. The van der Waals surface area contributed by atoms with Crippen molar-refractivity contribution >= 4 is 79.8 Å². The van der Waals surface area contributed by atoms with Gasteiger partial charge in [0.25, 0.3) is 11.5 Å². The van der Waals surface area contributed by atoms with E-state index in [2.05, 4.69) is 24.8 Å². The number of thiazole rings is 1. The number of unbranched alkanes of at least 4 members (excludes halogenated alkanes) is 1. The molecule has 1 saturated heterocycles. The Bertz CT molecular complexity index is 1790. The molecular weight excluding hydrogens is 595 g/mol. The van der Waals surface area contributed by atoms with Crippen LogP contribution in [0, 0.1) is 0 Å². The number of fused-ring (bicyclic) bond motifs is 1. The fourth-order valence-corrected chi connectivity index (χ4v) is 7.87. The lowest BCUT2D eigenvalue weighted by Crippen LogP contribution is -2.35. The molecule has 12 heteroatoms. The molecule has 0 aliphatic carbocycles. The van der Waals surface area contributed by atoms with Crippen LogP contribution < -0.4 is 19.7 Å². The van der Waals surface area contributed by atoms with E-state index in [0.29, 0.717) is 8.85 Å². The zero-order valence-electron chi connectivity index (χ0n) is 23.2. The largest absolute Gasteiger partial charge is 0.480 e. The van der Waals surface area contributed by atoms with E-state index in [1.165, 1.54) is 4.90 Å². The highest BCUT2D eigenvalue weighted by atomic mass is 32.2. The molecular formula is C30H29N3O6S3. The van der Waals surface area contributed by atoms with Crippen molar-refractivity contribution in [1.29, 1.82) is 0 Å². The van der Waals surface area contributed by atoms with Gasteiger partial charge in [0, 0.05) is 30.4 Å². The van der Waals surface area contributed by atoms with Gasteiger partial charge in [-0.15, -0.1) is 11.3 Å². The van der Waals surface area contributed by atoms with Crippen LogP contribution in [0.15, 0.2) is 47.3 Å². The van der Waals surface area contributed by atoms with Crippen LogP contribution in [0.5, 0.6) is 0 Å². The van der Waals surface area contributed by atoms with E-state index in [0.717, 1.165) is 69.4 Å². The molecule has 2 aromatic carbocycles. The van der Waals surface area contributed by atoms with Gasteiger partial charge >= 0.3 is 11.9 Å². The van der Waals surface area contributed by atoms with Crippen LogP contribution in [-0.2, 0) is 16.1 Å². The van der Waals surface area contributed by atoms with Crippen molar-refractivity contribution in [2.45, 2.75) is 51.6 Å². The number of benzene rings is 2. The number of rotatable bonds is 8. The van der Waals surface area contributed by atoms with Crippen LogP contribution >= 0.6 is 35.3 Å². The van der Waals surface area contributed by atoms with Gasteiger partial charge < -0.3 is 15.1 Å².